The highest BCUT2D eigenvalue weighted by atomic mass is 29.3. The normalized spacial score (nSPS) is 15.9. The van der Waals surface area contributed by atoms with Crippen LogP contribution in [0.3, 0.4) is 0 Å². The van der Waals surface area contributed by atoms with Gasteiger partial charge in [0.1, 0.15) is 19.5 Å². The van der Waals surface area contributed by atoms with Crippen molar-refractivity contribution in [1.82, 2.24) is 0 Å². The molecule has 0 spiro atoms. The second kappa shape index (κ2) is 14.2. The molecule has 0 amide bonds. The monoisotopic (exact) mass is 546 g/mol. The van der Waals surface area contributed by atoms with E-state index in [1.165, 1.54) is 0 Å². The van der Waals surface area contributed by atoms with Crippen LogP contribution in [-0.2, 0) is 29.8 Å². The summed E-state index contributed by atoms with van der Waals surface area (Å²) in [6.45, 7) is 22.0. The highest BCUT2D eigenvalue weighted by Gasteiger charge is 2.50. The van der Waals surface area contributed by atoms with Crippen LogP contribution < -0.4 is 0 Å². The zero-order valence-electron chi connectivity index (χ0n) is 21.0. The minimum absolute atomic E-state index is 0.567. The average Bonchev–Trinajstić information content (AvgIpc) is 2.60. The van der Waals surface area contributed by atoms with Crippen LogP contribution in [0.1, 0.15) is 27.2 Å². The van der Waals surface area contributed by atoms with Gasteiger partial charge in [0.05, 0.1) is 0 Å². The molecule has 0 aliphatic carbocycles. The fourth-order valence-corrected chi connectivity index (χ4v) is 32.6. The maximum atomic E-state index is 13.1. The maximum Gasteiger partial charge on any atom is 0.524 e. The van der Waals surface area contributed by atoms with E-state index in [1.54, 1.807) is 0 Å². The van der Waals surface area contributed by atoms with E-state index in [2.05, 4.69) is 33.1 Å². The fourth-order valence-electron chi connectivity index (χ4n) is 3.37. The van der Waals surface area contributed by atoms with Gasteiger partial charge in [0.15, 0.2) is 8.32 Å². The molecule has 0 radical (unpaired) electrons. The minimum Gasteiger partial charge on any atom is -0.579 e. The average molecular weight is 547 g/mol. The Bertz CT molecular complexity index is 496. The summed E-state index contributed by atoms with van der Waals surface area (Å²) < 4.78 is 50.4. The lowest BCUT2D eigenvalue weighted by molar-refractivity contribution is 0.114. The highest BCUT2D eigenvalue weighted by Crippen LogP contribution is 2.29. The first kappa shape index (κ1) is 30.9. The van der Waals surface area contributed by atoms with Crippen LogP contribution in [0.2, 0.25) is 64.0 Å². The first-order valence-electron chi connectivity index (χ1n) is 11.3. The third-order valence-corrected chi connectivity index (χ3v) is 30.2. The molecule has 0 rings (SSSR count). The molecular weight excluding hydrogens is 501 g/mol. The van der Waals surface area contributed by atoms with Crippen molar-refractivity contribution in [1.29, 1.82) is 0 Å². The summed E-state index contributed by atoms with van der Waals surface area (Å²) in [6, 6.07) is 2.56. The molecule has 0 aromatic carbocycles. The molecule has 180 valence electrons. The van der Waals surface area contributed by atoms with Crippen LogP contribution >= 0.6 is 0 Å². The summed E-state index contributed by atoms with van der Waals surface area (Å²) in [5.41, 5.74) is 0. The molecule has 0 aliphatic heterocycles. The molecule has 0 atom stereocenters. The summed E-state index contributed by atoms with van der Waals surface area (Å²) in [6.07, 6.45) is 1.10. The molecule has 0 saturated heterocycles. The van der Waals surface area contributed by atoms with E-state index in [1.807, 2.05) is 33.5 Å². The number of rotatable bonds is 18. The van der Waals surface area contributed by atoms with Crippen LogP contribution in [0.15, 0.2) is 0 Å². The molecule has 0 heterocycles. The van der Waals surface area contributed by atoms with Crippen LogP contribution in [0.4, 0.5) is 0 Å². The zero-order valence-corrected chi connectivity index (χ0v) is 28.8. The van der Waals surface area contributed by atoms with Gasteiger partial charge in [0, 0.05) is 19.3 Å². The maximum absolute atomic E-state index is 13.1. The number of hydrogen-bond acceptors (Lipinski definition) is 7. The number of hydrogen-bond donors (Lipinski definition) is 0. The lowest BCUT2D eigenvalue weighted by atomic mass is 10.6. The lowest BCUT2D eigenvalue weighted by Gasteiger charge is -2.38. The molecule has 7 nitrogen and oxygen atoms in total. The summed E-state index contributed by atoms with van der Waals surface area (Å²) in [7, 11) is -13.4. The van der Waals surface area contributed by atoms with Gasteiger partial charge < -0.3 is 29.8 Å². The van der Waals surface area contributed by atoms with Crippen LogP contribution in [-0.4, -0.2) is 74.7 Å². The second-order valence-corrected chi connectivity index (χ2v) is 30.6. The Kier molecular flexibility index (Phi) is 14.7. The second-order valence-electron chi connectivity index (χ2n) is 8.62. The molecule has 0 fully saturated rings. The summed E-state index contributed by atoms with van der Waals surface area (Å²) in [4.78, 5) is 0. The third kappa shape index (κ3) is 11.2. The summed E-state index contributed by atoms with van der Waals surface area (Å²) >= 11 is 0. The van der Waals surface area contributed by atoms with E-state index in [-0.39, 0.29) is 0 Å². The molecule has 0 aromatic heterocycles. The molecule has 0 unspecified atom stereocenters. The molecule has 0 aliphatic rings. The first-order chi connectivity index (χ1) is 13.8. The van der Waals surface area contributed by atoms with Crippen LogP contribution in [0.5, 0.6) is 0 Å². The van der Waals surface area contributed by atoms with Gasteiger partial charge >= 0.3 is 25.3 Å². The smallest absolute Gasteiger partial charge is 0.524 e. The predicted molar refractivity (Wildman–Crippen MR) is 140 cm³/mol. The van der Waals surface area contributed by atoms with Crippen molar-refractivity contribution in [3.05, 3.63) is 0 Å². The van der Waals surface area contributed by atoms with Crippen molar-refractivity contribution in [3.8, 4) is 0 Å². The van der Waals surface area contributed by atoms with Gasteiger partial charge in [-0.2, -0.15) is 0 Å². The first-order valence-corrected chi connectivity index (χ1v) is 28.1. The minimum atomic E-state index is -2.82. The van der Waals surface area contributed by atoms with Crippen molar-refractivity contribution < 1.29 is 29.8 Å². The Morgan fingerprint density at radius 3 is 1.67 bits per heavy atom. The Hall–Kier alpha value is 0.918. The van der Waals surface area contributed by atoms with Gasteiger partial charge in [-0.25, -0.2) is 0 Å². The lowest BCUT2D eigenvalue weighted by Crippen LogP contribution is -2.57. The standard InChI is InChI=1S/C16H46O7Si7/c1-11-14-28(8,9)23-30(18-12-2,19-13-3)16-15-27(6,7)22-26(17)29(10,20-24-4)21-25-5/h11-16,24-25H2,1-10H3. The Morgan fingerprint density at radius 2 is 1.27 bits per heavy atom. The van der Waals surface area contributed by atoms with Crippen molar-refractivity contribution in [2.45, 2.75) is 91.2 Å². The van der Waals surface area contributed by atoms with E-state index < -0.39 is 61.5 Å². The Morgan fingerprint density at radius 1 is 0.767 bits per heavy atom. The molecule has 0 bridgehead atoms. The quantitative estimate of drug-likeness (QED) is 0.244. The third-order valence-electron chi connectivity index (χ3n) is 4.62. The van der Waals surface area contributed by atoms with Crippen LogP contribution in [0, 0.1) is 0 Å². The largest absolute Gasteiger partial charge is 0.579 e. The van der Waals surface area contributed by atoms with Gasteiger partial charge in [0.2, 0.25) is 8.32 Å². The summed E-state index contributed by atoms with van der Waals surface area (Å²) in [5, 5.41) is 0. The SMILES string of the molecule is CCC[Si](C)(C)O[Si](CC[Si](C)(C)O[Si](=O)[Si](C)(O[SiH2]C)O[SiH2]C)(OCC)OCC. The van der Waals surface area contributed by atoms with E-state index in [9.17, 15) is 4.46 Å². The van der Waals surface area contributed by atoms with Crippen molar-refractivity contribution in [3.63, 3.8) is 0 Å². The van der Waals surface area contributed by atoms with Crippen LogP contribution in [0.25, 0.3) is 0 Å². The molecule has 0 N–H and O–H groups in total. The summed E-state index contributed by atoms with van der Waals surface area (Å²) in [5.74, 6) is 0. The van der Waals surface area contributed by atoms with Gasteiger partial charge in [0.25, 0.3) is 0 Å². The fraction of sp³-hybridized carbons (Fsp3) is 1.00. The predicted octanol–water partition coefficient (Wildman–Crippen LogP) is 3.22. The Balaban J connectivity index is 5.40. The molecule has 30 heavy (non-hydrogen) atoms. The van der Waals surface area contributed by atoms with Gasteiger partial charge in [-0.3, -0.25) is 0 Å². The molecule has 0 aromatic rings. The highest BCUT2D eigenvalue weighted by molar-refractivity contribution is 7.21. The zero-order chi connectivity index (χ0) is 23.5. The van der Waals surface area contributed by atoms with E-state index in [4.69, 9.17) is 25.3 Å². The molecule has 14 heteroatoms. The van der Waals surface area contributed by atoms with Crippen molar-refractivity contribution in [2.24, 2.45) is 0 Å². The van der Waals surface area contributed by atoms with Gasteiger partial charge in [-0.05, 0) is 58.7 Å². The van der Waals surface area contributed by atoms with Crippen molar-refractivity contribution in [2.75, 3.05) is 13.2 Å². The Labute approximate surface area is 195 Å². The molecule has 0 saturated carbocycles. The van der Waals surface area contributed by atoms with E-state index in [0.717, 1.165) is 18.5 Å². The van der Waals surface area contributed by atoms with Gasteiger partial charge in [-0.1, -0.05) is 26.4 Å². The topological polar surface area (TPSA) is 72.5 Å². The van der Waals surface area contributed by atoms with E-state index >= 15 is 0 Å². The van der Waals surface area contributed by atoms with E-state index in [0.29, 0.717) is 19.3 Å². The molecular formula is C16H46O7Si7. The van der Waals surface area contributed by atoms with Crippen molar-refractivity contribution >= 4 is 61.5 Å². The van der Waals surface area contributed by atoms with Gasteiger partial charge in [-0.15, -0.1) is 0 Å².